The first-order chi connectivity index (χ1) is 17.4. The van der Waals surface area contributed by atoms with Gasteiger partial charge in [-0.15, -0.1) is 0 Å². The standard InChI is InChI=1S/C26H26N4O2.C2H4O2/c31-22-11-12-23(25(32)13-22)19-5-7-20(8-6-19)24-14-26(30-29-24)28-21-9-3-18(4-10-21)16-27-15-17-1-2-17;1-2(3)4/h3-14,17,27,31-32H,1-2,15-16H2,(H2,28,29,30);1H3,(H,3,4). The molecule has 0 unspecified atom stereocenters. The second kappa shape index (κ2) is 11.4. The molecule has 1 fully saturated rings. The maximum Gasteiger partial charge on any atom is 0.300 e. The highest BCUT2D eigenvalue weighted by molar-refractivity contribution is 5.74. The van der Waals surface area contributed by atoms with Gasteiger partial charge in [0.1, 0.15) is 11.5 Å². The van der Waals surface area contributed by atoms with Gasteiger partial charge in [0, 0.05) is 36.9 Å². The van der Waals surface area contributed by atoms with Crippen LogP contribution in [0.15, 0.2) is 72.8 Å². The summed E-state index contributed by atoms with van der Waals surface area (Å²) in [6, 6.07) is 22.8. The molecule has 1 aliphatic carbocycles. The summed E-state index contributed by atoms with van der Waals surface area (Å²) in [6.07, 6.45) is 2.74. The van der Waals surface area contributed by atoms with Crippen molar-refractivity contribution in [1.82, 2.24) is 15.5 Å². The minimum Gasteiger partial charge on any atom is -0.508 e. The Kier molecular flexibility index (Phi) is 7.87. The third-order valence-electron chi connectivity index (χ3n) is 5.75. The van der Waals surface area contributed by atoms with Gasteiger partial charge in [0.2, 0.25) is 0 Å². The number of aromatic amines is 1. The number of nitrogens with zero attached hydrogens (tertiary/aromatic N) is 1. The predicted octanol–water partition coefficient (Wildman–Crippen LogP) is 5.49. The van der Waals surface area contributed by atoms with E-state index in [1.807, 2.05) is 30.3 Å². The number of phenolic OH excluding ortho intramolecular Hbond substituents is 2. The summed E-state index contributed by atoms with van der Waals surface area (Å²) in [5, 5.41) is 41.3. The second-order valence-electron chi connectivity index (χ2n) is 8.86. The van der Waals surface area contributed by atoms with Crippen LogP contribution in [-0.4, -0.2) is 38.0 Å². The third kappa shape index (κ3) is 7.10. The van der Waals surface area contributed by atoms with Crippen molar-refractivity contribution < 1.29 is 20.1 Å². The number of H-pyrrole nitrogens is 1. The van der Waals surface area contributed by atoms with E-state index < -0.39 is 5.97 Å². The molecule has 0 aliphatic heterocycles. The van der Waals surface area contributed by atoms with Crippen LogP contribution in [0.2, 0.25) is 0 Å². The second-order valence-corrected chi connectivity index (χ2v) is 8.86. The van der Waals surface area contributed by atoms with Gasteiger partial charge in [0.25, 0.3) is 5.97 Å². The normalized spacial score (nSPS) is 12.5. The summed E-state index contributed by atoms with van der Waals surface area (Å²) >= 11 is 0. The molecule has 1 aliphatic rings. The molecule has 0 radical (unpaired) electrons. The minimum absolute atomic E-state index is 0.0419. The molecular weight excluding hydrogens is 456 g/mol. The van der Waals surface area contributed by atoms with Crippen molar-refractivity contribution in [3.63, 3.8) is 0 Å². The summed E-state index contributed by atoms with van der Waals surface area (Å²) in [5.74, 6) is 0.900. The SMILES string of the molecule is CC(=O)O.Oc1ccc(-c2ccc(-c3cc(Nc4ccc(CNCC5CC5)cc4)n[nH]3)cc2)c(O)c1. The third-order valence-corrected chi connectivity index (χ3v) is 5.75. The van der Waals surface area contributed by atoms with E-state index in [0.717, 1.165) is 54.3 Å². The Balaban J connectivity index is 0.000000709. The van der Waals surface area contributed by atoms with Crippen LogP contribution in [0.4, 0.5) is 11.5 Å². The van der Waals surface area contributed by atoms with E-state index in [-0.39, 0.29) is 11.5 Å². The average molecular weight is 487 g/mol. The van der Waals surface area contributed by atoms with E-state index in [1.54, 1.807) is 12.1 Å². The molecule has 0 saturated heterocycles. The summed E-state index contributed by atoms with van der Waals surface area (Å²) in [4.78, 5) is 9.00. The molecule has 5 rings (SSSR count). The Labute approximate surface area is 209 Å². The minimum atomic E-state index is -0.833. The molecule has 0 bridgehead atoms. The van der Waals surface area contributed by atoms with Gasteiger partial charge in [0.05, 0.1) is 5.69 Å². The number of carboxylic acid groups (broad SMARTS) is 1. The molecule has 0 amide bonds. The predicted molar refractivity (Wildman–Crippen MR) is 140 cm³/mol. The molecule has 8 heteroatoms. The van der Waals surface area contributed by atoms with Crippen molar-refractivity contribution in [3.8, 4) is 33.9 Å². The van der Waals surface area contributed by atoms with Crippen LogP contribution >= 0.6 is 0 Å². The maximum atomic E-state index is 10.1. The van der Waals surface area contributed by atoms with Crippen molar-refractivity contribution in [2.75, 3.05) is 11.9 Å². The maximum absolute atomic E-state index is 10.1. The molecular formula is C28H30N4O4. The van der Waals surface area contributed by atoms with Crippen molar-refractivity contribution in [2.24, 2.45) is 5.92 Å². The molecule has 0 spiro atoms. The summed E-state index contributed by atoms with van der Waals surface area (Å²) in [6.45, 7) is 3.11. The van der Waals surface area contributed by atoms with Crippen molar-refractivity contribution in [2.45, 2.75) is 26.3 Å². The topological polar surface area (TPSA) is 130 Å². The number of hydrogen-bond donors (Lipinski definition) is 6. The highest BCUT2D eigenvalue weighted by Gasteiger charge is 2.20. The van der Waals surface area contributed by atoms with E-state index >= 15 is 0 Å². The van der Waals surface area contributed by atoms with E-state index in [2.05, 4.69) is 45.1 Å². The lowest BCUT2D eigenvalue weighted by Crippen LogP contribution is -2.15. The average Bonchev–Trinajstić information content (AvgIpc) is 3.56. The van der Waals surface area contributed by atoms with Crippen LogP contribution in [0.3, 0.4) is 0 Å². The van der Waals surface area contributed by atoms with Gasteiger partial charge in [-0.3, -0.25) is 9.89 Å². The van der Waals surface area contributed by atoms with Crippen molar-refractivity contribution in [3.05, 3.63) is 78.4 Å². The number of hydrogen-bond acceptors (Lipinski definition) is 6. The fourth-order valence-electron chi connectivity index (χ4n) is 3.72. The number of carbonyl (C=O) groups is 1. The van der Waals surface area contributed by atoms with E-state index in [0.29, 0.717) is 5.56 Å². The first-order valence-electron chi connectivity index (χ1n) is 11.8. The number of aliphatic carboxylic acids is 1. The zero-order valence-corrected chi connectivity index (χ0v) is 20.0. The molecule has 36 heavy (non-hydrogen) atoms. The number of aromatic hydroxyl groups is 2. The molecule has 6 N–H and O–H groups in total. The van der Waals surface area contributed by atoms with Crippen LogP contribution in [0.5, 0.6) is 11.5 Å². The molecule has 0 atom stereocenters. The molecule has 4 aromatic rings. The lowest BCUT2D eigenvalue weighted by Gasteiger charge is -2.07. The van der Waals surface area contributed by atoms with E-state index in [4.69, 9.17) is 9.90 Å². The number of aromatic nitrogens is 2. The summed E-state index contributed by atoms with van der Waals surface area (Å²) in [7, 11) is 0. The smallest absolute Gasteiger partial charge is 0.300 e. The fourth-order valence-corrected chi connectivity index (χ4v) is 3.72. The first kappa shape index (κ1) is 24.8. The van der Waals surface area contributed by atoms with Gasteiger partial charge < -0.3 is 26.0 Å². The van der Waals surface area contributed by atoms with E-state index in [9.17, 15) is 10.2 Å². The molecule has 1 aromatic heterocycles. The molecule has 1 saturated carbocycles. The number of rotatable bonds is 8. The lowest BCUT2D eigenvalue weighted by molar-refractivity contribution is -0.134. The zero-order chi connectivity index (χ0) is 25.5. The lowest BCUT2D eigenvalue weighted by atomic mass is 10.0. The largest absolute Gasteiger partial charge is 0.508 e. The summed E-state index contributed by atoms with van der Waals surface area (Å²) in [5.41, 5.74) is 5.70. The Hall–Kier alpha value is -4.30. The monoisotopic (exact) mass is 486 g/mol. The number of anilines is 2. The molecule has 1 heterocycles. The highest BCUT2D eigenvalue weighted by atomic mass is 16.4. The summed E-state index contributed by atoms with van der Waals surface area (Å²) < 4.78 is 0. The van der Waals surface area contributed by atoms with Crippen LogP contribution < -0.4 is 10.6 Å². The van der Waals surface area contributed by atoms with Gasteiger partial charge in [-0.25, -0.2) is 0 Å². The number of phenols is 2. The van der Waals surface area contributed by atoms with Crippen molar-refractivity contribution in [1.29, 1.82) is 0 Å². The zero-order valence-electron chi connectivity index (χ0n) is 20.0. The molecule has 186 valence electrons. The Morgan fingerprint density at radius 1 is 0.972 bits per heavy atom. The molecule has 3 aromatic carbocycles. The molecule has 8 nitrogen and oxygen atoms in total. The quantitative estimate of drug-likeness (QED) is 0.194. The van der Waals surface area contributed by atoms with Gasteiger partial charge in [-0.1, -0.05) is 36.4 Å². The van der Waals surface area contributed by atoms with Gasteiger partial charge >= 0.3 is 0 Å². The number of carboxylic acids is 1. The van der Waals surface area contributed by atoms with Crippen LogP contribution in [0.1, 0.15) is 25.3 Å². The Morgan fingerprint density at radius 3 is 2.28 bits per heavy atom. The highest BCUT2D eigenvalue weighted by Crippen LogP contribution is 2.33. The fraction of sp³-hybridized carbons (Fsp3) is 0.214. The Bertz CT molecular complexity index is 1290. The van der Waals surface area contributed by atoms with Gasteiger partial charge in [-0.2, -0.15) is 5.10 Å². The van der Waals surface area contributed by atoms with Crippen LogP contribution in [-0.2, 0) is 11.3 Å². The number of nitrogens with one attached hydrogen (secondary N) is 3. The Morgan fingerprint density at radius 2 is 1.64 bits per heavy atom. The van der Waals surface area contributed by atoms with Gasteiger partial charge in [0.15, 0.2) is 5.82 Å². The van der Waals surface area contributed by atoms with Crippen LogP contribution in [0.25, 0.3) is 22.4 Å². The van der Waals surface area contributed by atoms with Crippen LogP contribution in [0, 0.1) is 5.92 Å². The van der Waals surface area contributed by atoms with E-state index in [1.165, 1.54) is 24.5 Å². The number of benzene rings is 3. The van der Waals surface area contributed by atoms with Crippen molar-refractivity contribution >= 4 is 17.5 Å². The van der Waals surface area contributed by atoms with Gasteiger partial charge in [-0.05, 0) is 66.3 Å². The first-order valence-corrected chi connectivity index (χ1v) is 11.8.